The van der Waals surface area contributed by atoms with Crippen molar-refractivity contribution in [1.82, 2.24) is 0 Å². The van der Waals surface area contributed by atoms with Gasteiger partial charge in [0.1, 0.15) is 0 Å². The summed E-state index contributed by atoms with van der Waals surface area (Å²) < 4.78 is 48.3. The molecule has 0 saturated carbocycles. The first-order valence-electron chi connectivity index (χ1n) is 3.10. The van der Waals surface area contributed by atoms with Crippen LogP contribution in [0.4, 0.5) is 17.6 Å². The van der Waals surface area contributed by atoms with Gasteiger partial charge in [-0.2, -0.15) is 31.7 Å². The van der Waals surface area contributed by atoms with E-state index in [9.17, 15) is 17.6 Å². The number of halogens is 5. The monoisotopic (exact) mass is 280 g/mol. The molecule has 1 rings (SSSR count). The maximum Gasteiger partial charge on any atom is 2.00 e. The number of alkyl halides is 3. The van der Waals surface area contributed by atoms with Gasteiger partial charge in [0, 0.05) is 0 Å². The van der Waals surface area contributed by atoms with Crippen LogP contribution >= 0.6 is 0 Å². The number of hydrogen-bond donors (Lipinski definition) is 0. The van der Waals surface area contributed by atoms with E-state index in [4.69, 9.17) is 0 Å². The molecule has 0 heterocycles. The first-order chi connectivity index (χ1) is 5.41. The molecule has 0 spiro atoms. The van der Waals surface area contributed by atoms with Crippen molar-refractivity contribution in [3.8, 4) is 0 Å². The van der Waals surface area contributed by atoms with E-state index in [1.807, 2.05) is 0 Å². The van der Waals surface area contributed by atoms with Crippen LogP contribution in [0.15, 0.2) is 18.2 Å². The minimum Gasteiger partial charge on any atom is -1.00 e. The molecule has 1 aromatic carbocycles. The normalized spacial score (nSPS) is 10.0. The molecule has 0 aliphatic rings. The van der Waals surface area contributed by atoms with Crippen molar-refractivity contribution in [2.45, 2.75) is 6.18 Å². The molecule has 0 radical (unpaired) electrons. The van der Waals surface area contributed by atoms with Crippen molar-refractivity contribution >= 4 is 23.1 Å². The Bertz CT molecular complexity index is 298. The van der Waals surface area contributed by atoms with Gasteiger partial charge in [0.15, 0.2) is 0 Å². The molecular weight excluding hydrogens is 276 g/mol. The van der Waals surface area contributed by atoms with Gasteiger partial charge < -0.3 is 17.0 Å². The average Bonchev–Trinajstić information content (AvgIpc) is 1.83. The maximum absolute atomic E-state index is 12.6. The molecule has 0 bridgehead atoms. The Kier molecular flexibility index (Phi) is 6.85. The largest absolute Gasteiger partial charge is 2.00 e. The number of hydrogen-bond acceptors (Lipinski definition) is 0. The second-order valence-corrected chi connectivity index (χ2v) is 2.31. The molecule has 0 nitrogen and oxygen atoms in total. The van der Waals surface area contributed by atoms with Crippen LogP contribution in [0.5, 0.6) is 0 Å². The predicted octanol–water partition coefficient (Wildman–Crippen LogP) is -0.350. The molecule has 0 saturated heterocycles. The van der Waals surface area contributed by atoms with Crippen molar-refractivity contribution in [3.63, 3.8) is 0 Å². The molecule has 74 valence electrons. The van der Waals surface area contributed by atoms with E-state index in [0.29, 0.717) is 6.07 Å². The molecule has 14 heavy (non-hydrogen) atoms. The molecule has 0 N–H and O–H groups in total. The van der Waals surface area contributed by atoms with Crippen LogP contribution in [0.3, 0.4) is 0 Å². The molecule has 0 unspecified atom stereocenters. The van der Waals surface area contributed by atoms with E-state index in [1.165, 1.54) is 0 Å². The SMILES string of the molecule is [Br-].[CH2-]c1ccc(C(F)(F)F)c(F)c1.[Mg+2]. The Morgan fingerprint density at radius 2 is 1.64 bits per heavy atom. The van der Waals surface area contributed by atoms with E-state index in [-0.39, 0.29) is 45.6 Å². The predicted molar refractivity (Wildman–Crippen MR) is 41.6 cm³/mol. The topological polar surface area (TPSA) is 0 Å². The summed E-state index contributed by atoms with van der Waals surface area (Å²) in [5.74, 6) is -1.28. The minimum absolute atomic E-state index is 0. The summed E-state index contributed by atoms with van der Waals surface area (Å²) >= 11 is 0. The average molecular weight is 281 g/mol. The molecule has 1 aromatic rings. The molecule has 0 aliphatic heterocycles. The number of rotatable bonds is 0. The van der Waals surface area contributed by atoms with Gasteiger partial charge in [-0.05, 0) is 0 Å². The second-order valence-electron chi connectivity index (χ2n) is 2.31. The van der Waals surface area contributed by atoms with E-state index < -0.39 is 17.6 Å². The van der Waals surface area contributed by atoms with Gasteiger partial charge in [-0.3, -0.25) is 0 Å². The zero-order valence-corrected chi connectivity index (χ0v) is 10.0. The fraction of sp³-hybridized carbons (Fsp3) is 0.125. The third-order valence-electron chi connectivity index (χ3n) is 1.34. The van der Waals surface area contributed by atoms with Crippen molar-refractivity contribution in [1.29, 1.82) is 0 Å². The van der Waals surface area contributed by atoms with Crippen LogP contribution in [0.2, 0.25) is 0 Å². The molecule has 6 heteroatoms. The summed E-state index contributed by atoms with van der Waals surface area (Å²) in [7, 11) is 0. The summed E-state index contributed by atoms with van der Waals surface area (Å²) in [5, 5.41) is 0. The Labute approximate surface area is 106 Å². The summed E-state index contributed by atoms with van der Waals surface area (Å²) in [6, 6.07) is 2.55. The molecule has 0 aromatic heterocycles. The van der Waals surface area contributed by atoms with Gasteiger partial charge in [-0.1, -0.05) is 0 Å². The minimum atomic E-state index is -4.63. The van der Waals surface area contributed by atoms with Crippen LogP contribution in [-0.4, -0.2) is 23.1 Å². The van der Waals surface area contributed by atoms with Crippen LogP contribution in [0, 0.1) is 12.7 Å². The van der Waals surface area contributed by atoms with Gasteiger partial charge in [-0.15, -0.1) is 12.1 Å². The second kappa shape index (κ2) is 5.82. The molecule has 0 fully saturated rings. The summed E-state index contributed by atoms with van der Waals surface area (Å²) in [4.78, 5) is 0. The summed E-state index contributed by atoms with van der Waals surface area (Å²) in [6.45, 7) is 3.30. The van der Waals surface area contributed by atoms with Gasteiger partial charge in [0.05, 0.1) is 11.4 Å². The fourth-order valence-corrected chi connectivity index (χ4v) is 0.789. The Balaban J connectivity index is 0. The van der Waals surface area contributed by atoms with E-state index in [2.05, 4.69) is 6.92 Å². The van der Waals surface area contributed by atoms with Crippen molar-refractivity contribution < 1.29 is 34.5 Å². The summed E-state index contributed by atoms with van der Waals surface area (Å²) in [5.41, 5.74) is -1.03. The van der Waals surface area contributed by atoms with Gasteiger partial charge in [0.25, 0.3) is 0 Å². The Hall–Kier alpha value is 0.0562. The third-order valence-corrected chi connectivity index (χ3v) is 1.34. The van der Waals surface area contributed by atoms with E-state index in [0.717, 1.165) is 12.1 Å². The van der Waals surface area contributed by atoms with Gasteiger partial charge >= 0.3 is 29.2 Å². The smallest absolute Gasteiger partial charge is 1.00 e. The molecule has 0 aliphatic carbocycles. The zero-order chi connectivity index (χ0) is 9.35. The van der Waals surface area contributed by atoms with E-state index in [1.54, 1.807) is 0 Å². The van der Waals surface area contributed by atoms with Crippen molar-refractivity contribution in [3.05, 3.63) is 42.1 Å². The first-order valence-corrected chi connectivity index (χ1v) is 3.10. The fourth-order valence-electron chi connectivity index (χ4n) is 0.789. The quantitative estimate of drug-likeness (QED) is 0.346. The zero-order valence-electron chi connectivity index (χ0n) is 7.04. The maximum atomic E-state index is 12.6. The molecule has 0 amide bonds. The van der Waals surface area contributed by atoms with E-state index >= 15 is 0 Å². The Morgan fingerprint density at radius 1 is 1.14 bits per heavy atom. The standard InChI is InChI=1S/C8H5F4.BrH.Mg/c1-5-2-3-6(7(9)4-5)8(10,11)12;;/h2-4H,1H2;1H;/q-1;;+2/p-1. The van der Waals surface area contributed by atoms with Crippen LogP contribution in [0.1, 0.15) is 11.1 Å². The first kappa shape index (κ1) is 16.5. The van der Waals surface area contributed by atoms with Crippen LogP contribution < -0.4 is 17.0 Å². The summed E-state index contributed by atoms with van der Waals surface area (Å²) in [6.07, 6.45) is -4.63. The molecular formula is C8H5BrF4Mg. The van der Waals surface area contributed by atoms with Gasteiger partial charge in [-0.25, -0.2) is 4.39 Å². The van der Waals surface area contributed by atoms with Crippen molar-refractivity contribution in [2.75, 3.05) is 0 Å². The van der Waals surface area contributed by atoms with Crippen LogP contribution in [-0.2, 0) is 6.18 Å². The number of benzene rings is 1. The third kappa shape index (κ3) is 4.06. The Morgan fingerprint density at radius 3 is 2.00 bits per heavy atom. The molecule has 0 atom stereocenters. The van der Waals surface area contributed by atoms with Gasteiger partial charge in [0.2, 0.25) is 0 Å². The van der Waals surface area contributed by atoms with Crippen LogP contribution in [0.25, 0.3) is 0 Å². The van der Waals surface area contributed by atoms with Crippen molar-refractivity contribution in [2.24, 2.45) is 0 Å².